The van der Waals surface area contributed by atoms with Crippen molar-refractivity contribution in [1.29, 1.82) is 0 Å². The van der Waals surface area contributed by atoms with Gasteiger partial charge in [-0.3, -0.25) is 0 Å². The van der Waals surface area contributed by atoms with Crippen LogP contribution in [-0.4, -0.2) is 16.6 Å². The zero-order valence-electron chi connectivity index (χ0n) is 15.1. The molecule has 0 unspecified atom stereocenters. The summed E-state index contributed by atoms with van der Waals surface area (Å²) >= 11 is 3.53. The molecule has 0 amide bonds. The number of hydrogen-bond acceptors (Lipinski definition) is 4. The lowest BCUT2D eigenvalue weighted by atomic mass is 10.1. The van der Waals surface area contributed by atoms with Crippen LogP contribution in [0.4, 0.5) is 0 Å². The molecule has 5 heteroatoms. The summed E-state index contributed by atoms with van der Waals surface area (Å²) in [5.41, 5.74) is 3.39. The van der Waals surface area contributed by atoms with Crippen molar-refractivity contribution in [1.82, 2.24) is 9.97 Å². The van der Waals surface area contributed by atoms with Crippen LogP contribution < -0.4 is 9.47 Å². The Balaban J connectivity index is 2.26. The third kappa shape index (κ3) is 4.69. The molecule has 2 aromatic rings. The summed E-state index contributed by atoms with van der Waals surface area (Å²) in [4.78, 5) is 8.79. The van der Waals surface area contributed by atoms with Gasteiger partial charge in [-0.05, 0) is 61.2 Å². The lowest BCUT2D eigenvalue weighted by molar-refractivity contribution is 0.288. The summed E-state index contributed by atoms with van der Waals surface area (Å²) < 4.78 is 12.6. The van der Waals surface area contributed by atoms with Gasteiger partial charge in [0, 0.05) is 0 Å². The predicted octanol–water partition coefficient (Wildman–Crippen LogP) is 5.83. The Labute approximate surface area is 152 Å². The molecule has 0 saturated carbocycles. The number of rotatable bonds is 7. The highest BCUT2D eigenvalue weighted by atomic mass is 79.9. The minimum absolute atomic E-state index is 0.489. The molecule has 0 fully saturated rings. The van der Waals surface area contributed by atoms with E-state index in [1.807, 2.05) is 20.8 Å². The van der Waals surface area contributed by atoms with E-state index in [0.717, 1.165) is 36.1 Å². The molecule has 0 saturated heterocycles. The number of halogens is 1. The van der Waals surface area contributed by atoms with E-state index >= 15 is 0 Å². The maximum Gasteiger partial charge on any atom is 0.240 e. The van der Waals surface area contributed by atoms with E-state index in [1.54, 1.807) is 0 Å². The number of unbranched alkanes of at least 4 members (excludes halogenated alkanes) is 2. The average molecular weight is 393 g/mol. The van der Waals surface area contributed by atoms with Gasteiger partial charge in [-0.25, -0.2) is 0 Å². The number of aromatic nitrogens is 2. The van der Waals surface area contributed by atoms with Crippen molar-refractivity contribution in [2.24, 2.45) is 0 Å². The molecule has 1 aromatic heterocycles. The fourth-order valence-electron chi connectivity index (χ4n) is 2.62. The molecule has 24 heavy (non-hydrogen) atoms. The molecule has 0 atom stereocenters. The first-order valence-electron chi connectivity index (χ1n) is 8.35. The number of benzene rings is 1. The van der Waals surface area contributed by atoms with Gasteiger partial charge < -0.3 is 9.47 Å². The Morgan fingerprint density at radius 3 is 2.21 bits per heavy atom. The van der Waals surface area contributed by atoms with Gasteiger partial charge in [0.1, 0.15) is 16.0 Å². The Hall–Kier alpha value is -1.62. The summed E-state index contributed by atoms with van der Waals surface area (Å²) in [6.07, 6.45) is 3.32. The largest absolute Gasteiger partial charge is 0.477 e. The third-order valence-electron chi connectivity index (χ3n) is 3.69. The minimum Gasteiger partial charge on any atom is -0.477 e. The van der Waals surface area contributed by atoms with Gasteiger partial charge in [0.05, 0.1) is 6.61 Å². The first-order chi connectivity index (χ1) is 11.4. The van der Waals surface area contributed by atoms with Gasteiger partial charge in [0.2, 0.25) is 11.8 Å². The van der Waals surface area contributed by atoms with Crippen molar-refractivity contribution in [3.63, 3.8) is 0 Å². The van der Waals surface area contributed by atoms with Crippen LogP contribution in [0.1, 0.15) is 48.7 Å². The van der Waals surface area contributed by atoms with Crippen molar-refractivity contribution in [3.05, 3.63) is 39.1 Å². The molecule has 4 nitrogen and oxygen atoms in total. The highest BCUT2D eigenvalue weighted by Gasteiger charge is 2.16. The summed E-state index contributed by atoms with van der Waals surface area (Å²) in [5.74, 6) is 2.48. The highest BCUT2D eigenvalue weighted by Crippen LogP contribution is 2.36. The van der Waals surface area contributed by atoms with E-state index in [9.17, 15) is 0 Å². The fraction of sp³-hybridized carbons (Fsp3) is 0.474. The Morgan fingerprint density at radius 1 is 0.958 bits per heavy atom. The summed E-state index contributed by atoms with van der Waals surface area (Å²) in [6.45, 7) is 10.8. The fourth-order valence-corrected chi connectivity index (χ4v) is 2.99. The third-order valence-corrected chi connectivity index (χ3v) is 4.37. The van der Waals surface area contributed by atoms with E-state index in [4.69, 9.17) is 9.47 Å². The Kier molecular flexibility index (Phi) is 6.60. The average Bonchev–Trinajstić information content (AvgIpc) is 2.51. The molecular formula is C19H25BrN2O2. The lowest BCUT2D eigenvalue weighted by Gasteiger charge is -2.15. The molecule has 1 heterocycles. The van der Waals surface area contributed by atoms with Crippen LogP contribution >= 0.6 is 15.9 Å². The molecule has 0 aliphatic rings. The second kappa shape index (κ2) is 8.47. The van der Waals surface area contributed by atoms with Crippen LogP contribution in [0.25, 0.3) is 0 Å². The Morgan fingerprint density at radius 2 is 1.58 bits per heavy atom. The second-order valence-electron chi connectivity index (χ2n) is 6.08. The van der Waals surface area contributed by atoms with Crippen molar-refractivity contribution in [3.8, 4) is 17.5 Å². The SMILES string of the molecule is CCCCCOc1nc(C)nc(Oc2c(C)cc(C)cc2C)c1Br. The molecule has 0 aliphatic heterocycles. The zero-order valence-corrected chi connectivity index (χ0v) is 16.7. The molecule has 0 radical (unpaired) electrons. The van der Waals surface area contributed by atoms with Crippen LogP contribution in [0.3, 0.4) is 0 Å². The van der Waals surface area contributed by atoms with Crippen LogP contribution in [0.5, 0.6) is 17.5 Å². The number of nitrogens with zero attached hydrogens (tertiary/aromatic N) is 2. The van der Waals surface area contributed by atoms with E-state index in [2.05, 4.69) is 51.9 Å². The van der Waals surface area contributed by atoms with Crippen LogP contribution in [0.2, 0.25) is 0 Å². The van der Waals surface area contributed by atoms with Crippen molar-refractivity contribution in [2.75, 3.05) is 6.61 Å². The summed E-state index contributed by atoms with van der Waals surface area (Å²) in [5, 5.41) is 0. The first-order valence-corrected chi connectivity index (χ1v) is 9.14. The Bertz CT molecular complexity index is 694. The quantitative estimate of drug-likeness (QED) is 0.555. The van der Waals surface area contributed by atoms with Gasteiger partial charge >= 0.3 is 0 Å². The van der Waals surface area contributed by atoms with Crippen LogP contribution in [0, 0.1) is 27.7 Å². The van der Waals surface area contributed by atoms with Crippen molar-refractivity contribution >= 4 is 15.9 Å². The highest BCUT2D eigenvalue weighted by molar-refractivity contribution is 9.10. The summed E-state index contributed by atoms with van der Waals surface area (Å²) in [7, 11) is 0. The van der Waals surface area contributed by atoms with Crippen molar-refractivity contribution in [2.45, 2.75) is 53.9 Å². The number of hydrogen-bond donors (Lipinski definition) is 0. The smallest absolute Gasteiger partial charge is 0.240 e. The lowest BCUT2D eigenvalue weighted by Crippen LogP contribution is -2.04. The van der Waals surface area contributed by atoms with Gasteiger partial charge in [0.25, 0.3) is 0 Å². The maximum atomic E-state index is 6.10. The molecule has 2 rings (SSSR count). The van der Waals surface area contributed by atoms with Gasteiger partial charge in [0.15, 0.2) is 0 Å². The molecule has 0 spiro atoms. The monoisotopic (exact) mass is 392 g/mol. The standard InChI is InChI=1S/C19H25BrN2O2/c1-6-7-8-9-23-18-16(20)19(22-15(5)21-18)24-17-13(3)10-12(2)11-14(17)4/h10-11H,6-9H2,1-5H3. The number of aryl methyl sites for hydroxylation is 4. The zero-order chi connectivity index (χ0) is 17.7. The van der Waals surface area contributed by atoms with Gasteiger partial charge in [-0.2, -0.15) is 9.97 Å². The predicted molar refractivity (Wildman–Crippen MR) is 100 cm³/mol. The van der Waals surface area contributed by atoms with E-state index in [0.29, 0.717) is 28.7 Å². The van der Waals surface area contributed by atoms with E-state index in [1.165, 1.54) is 5.56 Å². The molecule has 0 bridgehead atoms. The summed E-state index contributed by atoms with van der Waals surface area (Å²) in [6, 6.07) is 4.21. The maximum absolute atomic E-state index is 6.10. The molecule has 0 aliphatic carbocycles. The van der Waals surface area contributed by atoms with Crippen molar-refractivity contribution < 1.29 is 9.47 Å². The normalized spacial score (nSPS) is 10.8. The van der Waals surface area contributed by atoms with Gasteiger partial charge in [-0.1, -0.05) is 37.5 Å². The molecule has 130 valence electrons. The van der Waals surface area contributed by atoms with Crippen LogP contribution in [-0.2, 0) is 0 Å². The van der Waals surface area contributed by atoms with E-state index in [-0.39, 0.29) is 0 Å². The minimum atomic E-state index is 0.489. The van der Waals surface area contributed by atoms with Crippen LogP contribution in [0.15, 0.2) is 16.6 Å². The molecule has 0 N–H and O–H groups in total. The number of ether oxygens (including phenoxy) is 2. The second-order valence-corrected chi connectivity index (χ2v) is 6.87. The topological polar surface area (TPSA) is 44.2 Å². The molecule has 1 aromatic carbocycles. The van der Waals surface area contributed by atoms with E-state index < -0.39 is 0 Å². The first kappa shape index (κ1) is 18.7. The van der Waals surface area contributed by atoms with Gasteiger partial charge in [-0.15, -0.1) is 0 Å². The molecular weight excluding hydrogens is 368 g/mol.